The Labute approximate surface area is 171 Å². The molecule has 0 aromatic rings. The summed E-state index contributed by atoms with van der Waals surface area (Å²) in [4.78, 5) is 26.1. The second-order valence-electron chi connectivity index (χ2n) is 7.82. The highest BCUT2D eigenvalue weighted by atomic mass is 16.6. The number of hydrogen-bond acceptors (Lipinski definition) is 4. The van der Waals surface area contributed by atoms with Gasteiger partial charge in [0.05, 0.1) is 0 Å². The molecule has 2 amide bonds. The van der Waals surface area contributed by atoms with Gasteiger partial charge < -0.3 is 19.3 Å². The van der Waals surface area contributed by atoms with Crippen molar-refractivity contribution in [2.45, 2.75) is 52.7 Å². The number of carbonyl (C=O) groups excluding carboxylic acids is 2. The zero-order valence-corrected chi connectivity index (χ0v) is 18.5. The van der Waals surface area contributed by atoms with Crippen molar-refractivity contribution in [2.75, 3.05) is 26.2 Å². The Morgan fingerprint density at radius 1 is 0.929 bits per heavy atom. The molecule has 1 aliphatic heterocycles. The van der Waals surface area contributed by atoms with E-state index in [1.807, 2.05) is 53.7 Å². The van der Waals surface area contributed by atoms with Gasteiger partial charge in [-0.3, -0.25) is 0 Å². The maximum Gasteiger partial charge on any atom is 0.410 e. The van der Waals surface area contributed by atoms with E-state index >= 15 is 0 Å². The fourth-order valence-electron chi connectivity index (χ4n) is 1.82. The first-order chi connectivity index (χ1) is 12.9. The SMILES string of the molecule is C=C.C=CCN(CC=C)C(=O)OC(C)(C)C.CC(C)(C)OC(=O)N1CC=CC1. The normalized spacial score (nSPS) is 12.6. The number of ether oxygens (including phenoxy) is 2. The second-order valence-corrected chi connectivity index (χ2v) is 7.82. The molecule has 0 radical (unpaired) electrons. The van der Waals surface area contributed by atoms with Gasteiger partial charge in [-0.15, -0.1) is 26.3 Å². The summed E-state index contributed by atoms with van der Waals surface area (Å²) in [5.41, 5.74) is -0.850. The summed E-state index contributed by atoms with van der Waals surface area (Å²) in [7, 11) is 0. The average Bonchev–Trinajstić information content (AvgIpc) is 3.09. The standard InChI is InChI=1S/C11H19NO2.C9H15NO2.C2H4/c1-6-8-12(9-7-2)10(13)14-11(3,4)5;1-9(2,3)12-8(11)10-6-4-5-7-10;1-2/h6-7H,1-2,8-9H2,3-5H3;4-5H,6-7H2,1-3H3;1-2H2. The van der Waals surface area contributed by atoms with Crippen LogP contribution in [0.5, 0.6) is 0 Å². The molecule has 6 heteroatoms. The van der Waals surface area contributed by atoms with Gasteiger partial charge in [-0.1, -0.05) is 24.3 Å². The minimum absolute atomic E-state index is 0.229. The van der Waals surface area contributed by atoms with Gasteiger partial charge in [0, 0.05) is 26.2 Å². The zero-order chi connectivity index (χ0) is 22.4. The van der Waals surface area contributed by atoms with Gasteiger partial charge in [-0.2, -0.15) is 0 Å². The molecule has 0 aliphatic carbocycles. The molecule has 0 N–H and O–H groups in total. The highest BCUT2D eigenvalue weighted by Crippen LogP contribution is 2.11. The van der Waals surface area contributed by atoms with Crippen LogP contribution in [0, 0.1) is 0 Å². The minimum Gasteiger partial charge on any atom is -0.444 e. The Morgan fingerprint density at radius 2 is 1.32 bits per heavy atom. The van der Waals surface area contributed by atoms with E-state index in [0.717, 1.165) is 0 Å². The summed E-state index contributed by atoms with van der Waals surface area (Å²) in [6.45, 7) is 26.6. The van der Waals surface area contributed by atoms with Crippen LogP contribution in [0.2, 0.25) is 0 Å². The number of nitrogens with zero attached hydrogens (tertiary/aromatic N) is 2. The van der Waals surface area contributed by atoms with E-state index in [4.69, 9.17) is 9.47 Å². The van der Waals surface area contributed by atoms with Crippen LogP contribution in [0.3, 0.4) is 0 Å². The summed E-state index contributed by atoms with van der Waals surface area (Å²) in [5, 5.41) is 0. The predicted molar refractivity (Wildman–Crippen MR) is 116 cm³/mol. The molecule has 0 saturated heterocycles. The number of hydrogen-bond donors (Lipinski definition) is 0. The average molecular weight is 395 g/mol. The first kappa shape index (κ1) is 27.7. The van der Waals surface area contributed by atoms with E-state index in [1.165, 1.54) is 4.90 Å². The third-order valence-corrected chi connectivity index (χ3v) is 2.82. The van der Waals surface area contributed by atoms with Crippen molar-refractivity contribution in [3.05, 3.63) is 50.6 Å². The monoisotopic (exact) mass is 394 g/mol. The third-order valence-electron chi connectivity index (χ3n) is 2.82. The van der Waals surface area contributed by atoms with Crippen molar-refractivity contribution in [3.63, 3.8) is 0 Å². The molecule has 0 fully saturated rings. The summed E-state index contributed by atoms with van der Waals surface area (Å²) in [6.07, 6.45) is 6.68. The molecule has 0 bridgehead atoms. The minimum atomic E-state index is -0.461. The molecule has 28 heavy (non-hydrogen) atoms. The van der Waals surface area contributed by atoms with Crippen LogP contribution in [-0.4, -0.2) is 59.4 Å². The van der Waals surface area contributed by atoms with Crippen LogP contribution in [0.4, 0.5) is 9.59 Å². The molecule has 0 unspecified atom stereocenters. The molecule has 6 nitrogen and oxygen atoms in total. The largest absolute Gasteiger partial charge is 0.444 e. The van der Waals surface area contributed by atoms with Crippen LogP contribution < -0.4 is 0 Å². The zero-order valence-electron chi connectivity index (χ0n) is 18.5. The van der Waals surface area contributed by atoms with Crippen LogP contribution in [-0.2, 0) is 9.47 Å². The summed E-state index contributed by atoms with van der Waals surface area (Å²) in [6, 6.07) is 0. The first-order valence-electron chi connectivity index (χ1n) is 9.22. The van der Waals surface area contributed by atoms with Crippen molar-refractivity contribution < 1.29 is 19.1 Å². The highest BCUT2D eigenvalue weighted by molar-refractivity contribution is 5.69. The number of amides is 2. The Balaban J connectivity index is 0. The fourth-order valence-corrected chi connectivity index (χ4v) is 1.82. The molecule has 0 aromatic carbocycles. The lowest BCUT2D eigenvalue weighted by molar-refractivity contribution is 0.0286. The molecule has 1 rings (SSSR count). The third kappa shape index (κ3) is 14.6. The molecule has 0 atom stereocenters. The summed E-state index contributed by atoms with van der Waals surface area (Å²) >= 11 is 0. The maximum absolute atomic E-state index is 11.5. The highest BCUT2D eigenvalue weighted by Gasteiger charge is 2.22. The Kier molecular flexibility index (Phi) is 13.5. The Morgan fingerprint density at radius 3 is 1.64 bits per heavy atom. The first-order valence-corrected chi connectivity index (χ1v) is 9.22. The van der Waals surface area contributed by atoms with Gasteiger partial charge in [0.1, 0.15) is 11.2 Å². The van der Waals surface area contributed by atoms with Gasteiger partial charge in [0.2, 0.25) is 0 Å². The second kappa shape index (κ2) is 13.6. The topological polar surface area (TPSA) is 59.1 Å². The summed E-state index contributed by atoms with van der Waals surface area (Å²) < 4.78 is 10.4. The number of rotatable bonds is 4. The molecular formula is C22H38N2O4. The molecule has 0 spiro atoms. The smallest absolute Gasteiger partial charge is 0.410 e. The van der Waals surface area contributed by atoms with Gasteiger partial charge in [0.15, 0.2) is 0 Å². The fraction of sp³-hybridized carbons (Fsp3) is 0.545. The molecule has 0 saturated carbocycles. The Hall–Kier alpha value is -2.50. The molecular weight excluding hydrogens is 356 g/mol. The van der Waals surface area contributed by atoms with Crippen LogP contribution >= 0.6 is 0 Å². The molecule has 1 aliphatic rings. The van der Waals surface area contributed by atoms with Crippen molar-refractivity contribution >= 4 is 12.2 Å². The summed E-state index contributed by atoms with van der Waals surface area (Å²) in [5.74, 6) is 0. The van der Waals surface area contributed by atoms with Crippen LogP contribution in [0.15, 0.2) is 50.6 Å². The van der Waals surface area contributed by atoms with Gasteiger partial charge >= 0.3 is 12.2 Å². The lowest BCUT2D eigenvalue weighted by Crippen LogP contribution is -2.36. The van der Waals surface area contributed by atoms with Crippen molar-refractivity contribution in [3.8, 4) is 0 Å². The van der Waals surface area contributed by atoms with Crippen LogP contribution in [0.25, 0.3) is 0 Å². The molecule has 160 valence electrons. The van der Waals surface area contributed by atoms with Gasteiger partial charge in [0.25, 0.3) is 0 Å². The van der Waals surface area contributed by atoms with Crippen molar-refractivity contribution in [1.29, 1.82) is 0 Å². The van der Waals surface area contributed by atoms with E-state index in [1.54, 1.807) is 17.1 Å². The molecule has 0 aromatic heterocycles. The quantitative estimate of drug-likeness (QED) is 0.616. The lowest BCUT2D eigenvalue weighted by atomic mass is 10.2. The van der Waals surface area contributed by atoms with E-state index < -0.39 is 5.60 Å². The Bertz CT molecular complexity index is 510. The van der Waals surface area contributed by atoms with Crippen molar-refractivity contribution in [2.24, 2.45) is 0 Å². The van der Waals surface area contributed by atoms with Gasteiger partial charge in [-0.05, 0) is 41.5 Å². The van der Waals surface area contributed by atoms with E-state index in [-0.39, 0.29) is 17.8 Å². The van der Waals surface area contributed by atoms with Crippen molar-refractivity contribution in [1.82, 2.24) is 9.80 Å². The van der Waals surface area contributed by atoms with Crippen LogP contribution in [0.1, 0.15) is 41.5 Å². The number of carbonyl (C=O) groups is 2. The molecule has 1 heterocycles. The van der Waals surface area contributed by atoms with E-state index in [0.29, 0.717) is 26.2 Å². The lowest BCUT2D eigenvalue weighted by Gasteiger charge is -2.25. The van der Waals surface area contributed by atoms with Gasteiger partial charge in [-0.25, -0.2) is 9.59 Å². The maximum atomic E-state index is 11.5. The van der Waals surface area contributed by atoms with E-state index in [2.05, 4.69) is 26.3 Å². The van der Waals surface area contributed by atoms with E-state index in [9.17, 15) is 9.59 Å². The predicted octanol–water partition coefficient (Wildman–Crippen LogP) is 5.19.